The third-order valence-corrected chi connectivity index (χ3v) is 4.92. The molecule has 1 atom stereocenters. The molecule has 6 nitrogen and oxygen atoms in total. The number of likely N-dealkylation sites (N-methyl/N-ethyl adjacent to an activating group) is 1. The SMILES string of the molecule is CCN(CC)C(=O)COc1ccc(NC(=O)CCC2CCNC2)cc1Cl. The molecule has 1 fully saturated rings. The molecule has 26 heavy (non-hydrogen) atoms. The number of rotatable bonds is 9. The van der Waals surface area contributed by atoms with E-state index >= 15 is 0 Å². The highest BCUT2D eigenvalue weighted by molar-refractivity contribution is 6.32. The Morgan fingerprint density at radius 3 is 2.73 bits per heavy atom. The van der Waals surface area contributed by atoms with Gasteiger partial charge in [0, 0.05) is 25.2 Å². The summed E-state index contributed by atoms with van der Waals surface area (Å²) < 4.78 is 5.52. The maximum absolute atomic E-state index is 12.1. The largest absolute Gasteiger partial charge is 0.482 e. The van der Waals surface area contributed by atoms with Gasteiger partial charge in [0.2, 0.25) is 5.91 Å². The number of amides is 2. The number of ether oxygens (including phenoxy) is 1. The standard InChI is InChI=1S/C19H28ClN3O3/c1-3-23(4-2)19(25)13-26-17-7-6-15(11-16(17)20)22-18(24)8-5-14-9-10-21-12-14/h6-7,11,14,21H,3-5,8-10,12-13H2,1-2H3,(H,22,24). The van der Waals surface area contributed by atoms with Crippen LogP contribution >= 0.6 is 11.6 Å². The van der Waals surface area contributed by atoms with Crippen molar-refractivity contribution in [2.75, 3.05) is 38.1 Å². The first-order valence-electron chi connectivity index (χ1n) is 9.24. The van der Waals surface area contributed by atoms with E-state index in [2.05, 4.69) is 10.6 Å². The molecule has 144 valence electrons. The van der Waals surface area contributed by atoms with Gasteiger partial charge in [-0.2, -0.15) is 0 Å². The minimum absolute atomic E-state index is 0.0154. The second kappa shape index (κ2) is 10.4. The number of carbonyl (C=O) groups excluding carboxylic acids is 2. The van der Waals surface area contributed by atoms with E-state index in [1.54, 1.807) is 23.1 Å². The van der Waals surface area contributed by atoms with Gasteiger partial charge in [0.05, 0.1) is 5.02 Å². The normalized spacial score (nSPS) is 16.3. The van der Waals surface area contributed by atoms with Crippen LogP contribution in [0.25, 0.3) is 0 Å². The Labute approximate surface area is 160 Å². The first-order valence-corrected chi connectivity index (χ1v) is 9.62. The van der Waals surface area contributed by atoms with Crippen LogP contribution in [0.4, 0.5) is 5.69 Å². The molecule has 1 aliphatic rings. The van der Waals surface area contributed by atoms with Crippen molar-refractivity contribution >= 4 is 29.1 Å². The minimum atomic E-state index is -0.0788. The zero-order valence-corrected chi connectivity index (χ0v) is 16.3. The van der Waals surface area contributed by atoms with Crippen molar-refractivity contribution < 1.29 is 14.3 Å². The molecule has 0 saturated carbocycles. The average molecular weight is 382 g/mol. The van der Waals surface area contributed by atoms with Crippen molar-refractivity contribution in [2.24, 2.45) is 5.92 Å². The number of benzene rings is 1. The Morgan fingerprint density at radius 2 is 2.12 bits per heavy atom. The molecule has 1 heterocycles. The van der Waals surface area contributed by atoms with Crippen LogP contribution in [0.5, 0.6) is 5.75 Å². The molecule has 2 N–H and O–H groups in total. The summed E-state index contributed by atoms with van der Waals surface area (Å²) in [6.07, 6.45) is 2.53. The summed E-state index contributed by atoms with van der Waals surface area (Å²) in [5, 5.41) is 6.53. The molecule has 7 heteroatoms. The number of hydrogen-bond donors (Lipinski definition) is 2. The lowest BCUT2D eigenvalue weighted by atomic mass is 10.0. The molecule has 0 radical (unpaired) electrons. The van der Waals surface area contributed by atoms with Crippen LogP contribution in [-0.2, 0) is 9.59 Å². The first-order chi connectivity index (χ1) is 12.5. The molecule has 0 spiro atoms. The Morgan fingerprint density at radius 1 is 1.35 bits per heavy atom. The van der Waals surface area contributed by atoms with Crippen LogP contribution in [0.15, 0.2) is 18.2 Å². The van der Waals surface area contributed by atoms with E-state index in [0.29, 0.717) is 41.9 Å². The molecular formula is C19H28ClN3O3. The van der Waals surface area contributed by atoms with Gasteiger partial charge in [0.25, 0.3) is 5.91 Å². The van der Waals surface area contributed by atoms with Crippen LogP contribution in [-0.4, -0.2) is 49.5 Å². The lowest BCUT2D eigenvalue weighted by Gasteiger charge is -2.19. The number of carbonyl (C=O) groups is 2. The van der Waals surface area contributed by atoms with Crippen molar-refractivity contribution in [1.82, 2.24) is 10.2 Å². The van der Waals surface area contributed by atoms with E-state index in [1.165, 1.54) is 0 Å². The zero-order chi connectivity index (χ0) is 18.9. The zero-order valence-electron chi connectivity index (χ0n) is 15.5. The van der Waals surface area contributed by atoms with Crippen LogP contribution in [0.1, 0.15) is 33.1 Å². The number of halogens is 1. The van der Waals surface area contributed by atoms with Gasteiger partial charge in [0.1, 0.15) is 5.75 Å². The number of anilines is 1. The van der Waals surface area contributed by atoms with E-state index in [-0.39, 0.29) is 18.4 Å². The Hall–Kier alpha value is -1.79. The Kier molecular flexibility index (Phi) is 8.19. The molecule has 0 aromatic heterocycles. The van der Waals surface area contributed by atoms with Gasteiger partial charge < -0.3 is 20.3 Å². The molecule has 1 aliphatic heterocycles. The fourth-order valence-electron chi connectivity index (χ4n) is 3.02. The second-order valence-corrected chi connectivity index (χ2v) is 6.85. The fourth-order valence-corrected chi connectivity index (χ4v) is 3.26. The van der Waals surface area contributed by atoms with Crippen LogP contribution < -0.4 is 15.4 Å². The molecule has 1 aromatic rings. The van der Waals surface area contributed by atoms with Crippen LogP contribution in [0.3, 0.4) is 0 Å². The fraction of sp³-hybridized carbons (Fsp3) is 0.579. The highest BCUT2D eigenvalue weighted by Gasteiger charge is 2.16. The summed E-state index contributed by atoms with van der Waals surface area (Å²) in [6.45, 7) is 7.13. The van der Waals surface area contributed by atoms with Crippen molar-refractivity contribution in [2.45, 2.75) is 33.1 Å². The molecule has 1 saturated heterocycles. The van der Waals surface area contributed by atoms with Gasteiger partial charge in [0.15, 0.2) is 6.61 Å². The van der Waals surface area contributed by atoms with Crippen LogP contribution in [0, 0.1) is 5.92 Å². The Bertz CT molecular complexity index is 614. The number of hydrogen-bond acceptors (Lipinski definition) is 4. The summed E-state index contributed by atoms with van der Waals surface area (Å²) in [6, 6.07) is 5.06. The molecule has 2 rings (SSSR count). The summed E-state index contributed by atoms with van der Waals surface area (Å²) >= 11 is 6.21. The summed E-state index contributed by atoms with van der Waals surface area (Å²) in [5.74, 6) is 0.925. The lowest BCUT2D eigenvalue weighted by molar-refractivity contribution is -0.133. The summed E-state index contributed by atoms with van der Waals surface area (Å²) in [7, 11) is 0. The van der Waals surface area contributed by atoms with Crippen molar-refractivity contribution in [1.29, 1.82) is 0 Å². The van der Waals surface area contributed by atoms with Crippen molar-refractivity contribution in [3.63, 3.8) is 0 Å². The molecule has 2 amide bonds. The number of nitrogens with zero attached hydrogens (tertiary/aromatic N) is 1. The highest BCUT2D eigenvalue weighted by Crippen LogP contribution is 2.28. The maximum Gasteiger partial charge on any atom is 0.260 e. The number of nitrogens with one attached hydrogen (secondary N) is 2. The topological polar surface area (TPSA) is 70.7 Å². The van der Waals surface area contributed by atoms with Gasteiger partial charge in [-0.25, -0.2) is 0 Å². The third kappa shape index (κ3) is 6.18. The predicted molar refractivity (Wildman–Crippen MR) is 104 cm³/mol. The van der Waals surface area contributed by atoms with Gasteiger partial charge in [-0.1, -0.05) is 11.6 Å². The van der Waals surface area contributed by atoms with Gasteiger partial charge in [-0.05, 0) is 63.9 Å². The molecular weight excluding hydrogens is 354 g/mol. The predicted octanol–water partition coefficient (Wildman–Crippen LogP) is 2.92. The van der Waals surface area contributed by atoms with E-state index < -0.39 is 0 Å². The van der Waals surface area contributed by atoms with Gasteiger partial charge in [-0.15, -0.1) is 0 Å². The third-order valence-electron chi connectivity index (χ3n) is 4.62. The lowest BCUT2D eigenvalue weighted by Crippen LogP contribution is -2.34. The molecule has 0 bridgehead atoms. The van der Waals surface area contributed by atoms with Crippen LogP contribution in [0.2, 0.25) is 5.02 Å². The maximum atomic E-state index is 12.1. The monoisotopic (exact) mass is 381 g/mol. The smallest absolute Gasteiger partial charge is 0.260 e. The van der Waals surface area contributed by atoms with Gasteiger partial charge >= 0.3 is 0 Å². The second-order valence-electron chi connectivity index (χ2n) is 6.45. The first kappa shape index (κ1) is 20.5. The van der Waals surface area contributed by atoms with Crippen molar-refractivity contribution in [3.05, 3.63) is 23.2 Å². The summed E-state index contributed by atoms with van der Waals surface area (Å²) in [4.78, 5) is 25.7. The van der Waals surface area contributed by atoms with E-state index in [1.807, 2.05) is 13.8 Å². The molecule has 1 unspecified atom stereocenters. The minimum Gasteiger partial charge on any atom is -0.482 e. The highest BCUT2D eigenvalue weighted by atomic mass is 35.5. The van der Waals surface area contributed by atoms with E-state index in [4.69, 9.17) is 16.3 Å². The molecule has 1 aromatic carbocycles. The summed E-state index contributed by atoms with van der Waals surface area (Å²) in [5.41, 5.74) is 0.631. The van der Waals surface area contributed by atoms with Crippen molar-refractivity contribution in [3.8, 4) is 5.75 Å². The Balaban J connectivity index is 1.82. The average Bonchev–Trinajstić information content (AvgIpc) is 3.14. The van der Waals surface area contributed by atoms with E-state index in [9.17, 15) is 9.59 Å². The molecule has 0 aliphatic carbocycles. The van der Waals surface area contributed by atoms with E-state index in [0.717, 1.165) is 25.9 Å². The van der Waals surface area contributed by atoms with Gasteiger partial charge in [-0.3, -0.25) is 9.59 Å². The quantitative estimate of drug-likeness (QED) is 0.690.